The summed E-state index contributed by atoms with van der Waals surface area (Å²) in [5.74, 6) is 0.602. The number of piperidine rings is 1. The Morgan fingerprint density at radius 3 is 2.44 bits per heavy atom. The average Bonchev–Trinajstić information content (AvgIpc) is 3.58. The highest BCUT2D eigenvalue weighted by Gasteiger charge is 2.36. The number of amides is 2. The molecule has 1 aromatic carbocycles. The highest BCUT2D eigenvalue weighted by molar-refractivity contribution is 6.35. The number of aromatic nitrogens is 3. The van der Waals surface area contributed by atoms with E-state index in [2.05, 4.69) is 15.4 Å². The van der Waals surface area contributed by atoms with Crippen LogP contribution in [0.3, 0.4) is 0 Å². The Hall–Kier alpha value is -2.90. The molecule has 9 heteroatoms. The predicted molar refractivity (Wildman–Crippen MR) is 132 cm³/mol. The van der Waals surface area contributed by atoms with E-state index in [9.17, 15) is 9.59 Å². The van der Waals surface area contributed by atoms with Crippen LogP contribution >= 0.6 is 23.2 Å². The molecule has 34 heavy (non-hydrogen) atoms. The van der Waals surface area contributed by atoms with E-state index >= 15 is 0 Å². The lowest BCUT2D eigenvalue weighted by molar-refractivity contribution is -0.121. The van der Waals surface area contributed by atoms with Crippen molar-refractivity contribution in [2.45, 2.75) is 38.5 Å². The van der Waals surface area contributed by atoms with Gasteiger partial charge in [0.15, 0.2) is 0 Å². The van der Waals surface area contributed by atoms with Crippen LogP contribution in [0.5, 0.6) is 0 Å². The molecule has 1 saturated carbocycles. The van der Waals surface area contributed by atoms with Crippen molar-refractivity contribution in [3.63, 3.8) is 0 Å². The summed E-state index contributed by atoms with van der Waals surface area (Å²) in [7, 11) is 0. The summed E-state index contributed by atoms with van der Waals surface area (Å²) >= 11 is 12.5. The number of benzene rings is 1. The van der Waals surface area contributed by atoms with Gasteiger partial charge in [-0.15, -0.1) is 0 Å². The van der Waals surface area contributed by atoms with Crippen LogP contribution in [0.4, 0.5) is 5.82 Å². The van der Waals surface area contributed by atoms with Crippen molar-refractivity contribution in [2.24, 2.45) is 5.92 Å². The normalized spacial score (nSPS) is 16.5. The standard InChI is InChI=1S/C25H25Cl2N5O2/c1-15-2-7-22(28-13-15)30-24(33)17-8-10-31(11-9-17)25(34)19-14-29-32(23(19)16-3-4-16)21-6-5-18(26)12-20(21)27/h2,5-7,12-14,16-17H,3-4,8-11H2,1H3,(H,28,30,33). The lowest BCUT2D eigenvalue weighted by atomic mass is 9.95. The highest BCUT2D eigenvalue weighted by Crippen LogP contribution is 2.43. The number of carbonyl (C=O) groups is 2. The highest BCUT2D eigenvalue weighted by atomic mass is 35.5. The van der Waals surface area contributed by atoms with Gasteiger partial charge in [-0.05, 0) is 62.4 Å². The van der Waals surface area contributed by atoms with Gasteiger partial charge < -0.3 is 10.2 Å². The molecule has 0 radical (unpaired) electrons. The fourth-order valence-corrected chi connectivity index (χ4v) is 4.89. The summed E-state index contributed by atoms with van der Waals surface area (Å²) in [5.41, 5.74) is 3.27. The maximum absolute atomic E-state index is 13.4. The number of likely N-dealkylation sites (tertiary alicyclic amines) is 1. The van der Waals surface area contributed by atoms with Gasteiger partial charge in [-0.2, -0.15) is 5.10 Å². The number of nitrogens with zero attached hydrogens (tertiary/aromatic N) is 4. The van der Waals surface area contributed by atoms with Crippen molar-refractivity contribution in [3.05, 3.63) is 69.6 Å². The number of anilines is 1. The van der Waals surface area contributed by atoms with E-state index in [1.807, 2.05) is 24.0 Å². The zero-order valence-corrected chi connectivity index (χ0v) is 20.3. The molecule has 1 saturated heterocycles. The SMILES string of the molecule is Cc1ccc(NC(=O)C2CCN(C(=O)c3cnn(-c4ccc(Cl)cc4Cl)c3C3CC3)CC2)nc1. The molecule has 3 aromatic rings. The topological polar surface area (TPSA) is 80.1 Å². The van der Waals surface area contributed by atoms with Crippen LogP contribution < -0.4 is 5.32 Å². The van der Waals surface area contributed by atoms with Crippen molar-refractivity contribution in [1.82, 2.24) is 19.7 Å². The van der Waals surface area contributed by atoms with Crippen LogP contribution in [-0.4, -0.2) is 44.6 Å². The van der Waals surface area contributed by atoms with Crippen molar-refractivity contribution >= 4 is 40.8 Å². The first-order valence-corrected chi connectivity index (χ1v) is 12.2. The number of halogens is 2. The van der Waals surface area contributed by atoms with E-state index in [1.54, 1.807) is 35.3 Å². The molecule has 2 aromatic heterocycles. The maximum atomic E-state index is 13.4. The number of aryl methyl sites for hydroxylation is 1. The van der Waals surface area contributed by atoms with Gasteiger partial charge in [0, 0.05) is 36.1 Å². The largest absolute Gasteiger partial charge is 0.338 e. The molecular weight excluding hydrogens is 473 g/mol. The number of hydrogen-bond donors (Lipinski definition) is 1. The van der Waals surface area contributed by atoms with E-state index in [0.717, 1.165) is 24.1 Å². The van der Waals surface area contributed by atoms with Gasteiger partial charge in [-0.25, -0.2) is 9.67 Å². The van der Waals surface area contributed by atoms with E-state index in [-0.39, 0.29) is 17.7 Å². The molecule has 3 heterocycles. The summed E-state index contributed by atoms with van der Waals surface area (Å²) in [6.07, 6.45) is 6.63. The van der Waals surface area contributed by atoms with Gasteiger partial charge in [0.05, 0.1) is 28.2 Å². The van der Waals surface area contributed by atoms with Gasteiger partial charge in [-0.1, -0.05) is 29.3 Å². The van der Waals surface area contributed by atoms with Gasteiger partial charge in [0.25, 0.3) is 5.91 Å². The van der Waals surface area contributed by atoms with Crippen LogP contribution in [0.25, 0.3) is 5.69 Å². The second-order valence-corrected chi connectivity index (χ2v) is 9.85. The minimum absolute atomic E-state index is 0.0442. The number of nitrogens with one attached hydrogen (secondary N) is 1. The third kappa shape index (κ3) is 4.68. The van der Waals surface area contributed by atoms with Crippen LogP contribution in [-0.2, 0) is 4.79 Å². The van der Waals surface area contributed by atoms with E-state index in [0.29, 0.717) is 59.0 Å². The van der Waals surface area contributed by atoms with Crippen molar-refractivity contribution in [2.75, 3.05) is 18.4 Å². The fourth-order valence-electron chi connectivity index (χ4n) is 4.40. The number of carbonyl (C=O) groups excluding carboxylic acids is 2. The lowest BCUT2D eigenvalue weighted by Gasteiger charge is -2.31. The molecule has 2 aliphatic rings. The molecule has 2 fully saturated rings. The minimum atomic E-state index is -0.148. The third-order valence-electron chi connectivity index (χ3n) is 6.45. The molecule has 1 N–H and O–H groups in total. The molecule has 2 amide bonds. The van der Waals surface area contributed by atoms with Crippen molar-refractivity contribution < 1.29 is 9.59 Å². The minimum Gasteiger partial charge on any atom is -0.338 e. The molecular formula is C25H25Cl2N5O2. The Labute approximate surface area is 208 Å². The van der Waals surface area contributed by atoms with Gasteiger partial charge in [-0.3, -0.25) is 9.59 Å². The first kappa shape index (κ1) is 22.9. The number of hydrogen-bond acceptors (Lipinski definition) is 4. The van der Waals surface area contributed by atoms with E-state index in [4.69, 9.17) is 23.2 Å². The zero-order valence-electron chi connectivity index (χ0n) is 18.8. The van der Waals surface area contributed by atoms with Crippen molar-refractivity contribution in [1.29, 1.82) is 0 Å². The van der Waals surface area contributed by atoms with Gasteiger partial charge in [0.1, 0.15) is 5.82 Å². The van der Waals surface area contributed by atoms with E-state index in [1.165, 1.54) is 0 Å². The van der Waals surface area contributed by atoms with E-state index < -0.39 is 0 Å². The lowest BCUT2D eigenvalue weighted by Crippen LogP contribution is -2.41. The second kappa shape index (κ2) is 9.39. The quantitative estimate of drug-likeness (QED) is 0.521. The summed E-state index contributed by atoms with van der Waals surface area (Å²) in [4.78, 5) is 32.2. The van der Waals surface area contributed by atoms with Gasteiger partial charge in [0.2, 0.25) is 5.91 Å². The molecule has 7 nitrogen and oxygen atoms in total. The van der Waals surface area contributed by atoms with Crippen molar-refractivity contribution in [3.8, 4) is 5.69 Å². The second-order valence-electron chi connectivity index (χ2n) is 9.00. The number of rotatable bonds is 5. The van der Waals surface area contributed by atoms with Crippen LogP contribution in [0.15, 0.2) is 42.7 Å². The summed E-state index contributed by atoms with van der Waals surface area (Å²) < 4.78 is 1.78. The molecule has 176 valence electrons. The smallest absolute Gasteiger partial charge is 0.257 e. The Morgan fingerprint density at radius 1 is 1.03 bits per heavy atom. The van der Waals surface area contributed by atoms with Crippen LogP contribution in [0.2, 0.25) is 10.0 Å². The Morgan fingerprint density at radius 2 is 1.79 bits per heavy atom. The molecule has 0 bridgehead atoms. The average molecular weight is 498 g/mol. The fraction of sp³-hybridized carbons (Fsp3) is 0.360. The molecule has 0 unspecified atom stereocenters. The molecule has 1 aliphatic heterocycles. The summed E-state index contributed by atoms with van der Waals surface area (Å²) in [5, 5.41) is 8.45. The Kier molecular flexibility index (Phi) is 6.32. The zero-order chi connectivity index (χ0) is 23.8. The first-order chi connectivity index (χ1) is 16.4. The van der Waals surface area contributed by atoms with Gasteiger partial charge >= 0.3 is 0 Å². The number of pyridine rings is 1. The molecule has 1 aliphatic carbocycles. The predicted octanol–water partition coefficient (Wildman–Crippen LogP) is 5.25. The Bertz CT molecular complexity index is 1230. The third-order valence-corrected chi connectivity index (χ3v) is 6.99. The summed E-state index contributed by atoms with van der Waals surface area (Å²) in [6, 6.07) is 8.99. The molecule has 0 spiro atoms. The monoisotopic (exact) mass is 497 g/mol. The maximum Gasteiger partial charge on any atom is 0.257 e. The van der Waals surface area contributed by atoms with Crippen LogP contribution in [0, 0.1) is 12.8 Å². The molecule has 5 rings (SSSR count). The molecule has 0 atom stereocenters. The first-order valence-electron chi connectivity index (χ1n) is 11.5. The van der Waals surface area contributed by atoms with Crippen LogP contribution in [0.1, 0.15) is 53.2 Å². The summed E-state index contributed by atoms with van der Waals surface area (Å²) in [6.45, 7) is 3.00. The Balaban J connectivity index is 1.28.